The summed E-state index contributed by atoms with van der Waals surface area (Å²) in [6.07, 6.45) is -0.746. The predicted octanol–water partition coefficient (Wildman–Crippen LogP) is 1.85. The van der Waals surface area contributed by atoms with Gasteiger partial charge in [0.15, 0.2) is 0 Å². The van der Waals surface area contributed by atoms with Crippen LogP contribution < -0.4 is 5.32 Å². The molecule has 1 amide bonds. The number of Topliss-reactive ketones (excluding diaryl/α,β-unsaturated/α-hetero) is 1. The van der Waals surface area contributed by atoms with E-state index in [2.05, 4.69) is 4.74 Å². The van der Waals surface area contributed by atoms with Gasteiger partial charge in [-0.2, -0.15) is 0 Å². The van der Waals surface area contributed by atoms with Gasteiger partial charge >= 0.3 is 0 Å². The third-order valence-corrected chi connectivity index (χ3v) is 2.26. The van der Waals surface area contributed by atoms with Crippen molar-refractivity contribution in [2.45, 2.75) is 26.8 Å². The molecule has 0 bridgehead atoms. The Morgan fingerprint density at radius 3 is 2.84 bits per heavy atom. The van der Waals surface area contributed by atoms with E-state index < -0.39 is 37.1 Å². The van der Waals surface area contributed by atoms with Crippen LogP contribution >= 0.6 is 0 Å². The molecule has 1 N–H and O–H groups in total. The summed E-state index contributed by atoms with van der Waals surface area (Å²) in [6.45, 7) is -2.23. The van der Waals surface area contributed by atoms with E-state index in [1.54, 1.807) is 19.1 Å². The van der Waals surface area contributed by atoms with E-state index in [0.717, 1.165) is 19.6 Å². The summed E-state index contributed by atoms with van der Waals surface area (Å²) in [4.78, 5) is 23.9. The number of carbonyl (C=O) groups excluding carboxylic acids is 2. The first-order valence-corrected chi connectivity index (χ1v) is 5.80. The van der Waals surface area contributed by atoms with E-state index in [1.165, 1.54) is 12.1 Å². The topological polar surface area (TPSA) is 55.4 Å². The van der Waals surface area contributed by atoms with E-state index >= 15 is 0 Å². The molecule has 0 aliphatic carbocycles. The maximum Gasteiger partial charge on any atom is 0.226 e. The molecule has 1 aromatic rings. The van der Waals surface area contributed by atoms with Crippen molar-refractivity contribution in [1.29, 1.82) is 0 Å². The quantitative estimate of drug-likeness (QED) is 0.821. The first-order valence-electron chi connectivity index (χ1n) is 8.30. The SMILES string of the molecule is [2H]C([2H])(NC(=O)C([2H])(CC(C)=O)C([2H])([2H])OC)c1cccc(C)c1. The summed E-state index contributed by atoms with van der Waals surface area (Å²) >= 11 is 0. The minimum atomic E-state index is -2.77. The molecule has 0 aliphatic heterocycles. The van der Waals surface area contributed by atoms with E-state index in [9.17, 15) is 9.59 Å². The number of carbonyl (C=O) groups is 2. The number of ketones is 1. The lowest BCUT2D eigenvalue weighted by Crippen LogP contribution is -2.33. The smallest absolute Gasteiger partial charge is 0.226 e. The molecule has 1 aromatic carbocycles. The molecule has 1 rings (SSSR count). The predicted molar refractivity (Wildman–Crippen MR) is 73.7 cm³/mol. The molecule has 0 fully saturated rings. The number of hydrogen-bond donors (Lipinski definition) is 1. The van der Waals surface area contributed by atoms with Gasteiger partial charge in [-0.1, -0.05) is 29.8 Å². The Morgan fingerprint density at radius 1 is 1.53 bits per heavy atom. The van der Waals surface area contributed by atoms with Gasteiger partial charge in [0.25, 0.3) is 0 Å². The van der Waals surface area contributed by atoms with Crippen LogP contribution in [-0.2, 0) is 20.8 Å². The molecule has 0 spiro atoms. The second kappa shape index (κ2) is 7.69. The molecule has 0 aromatic heterocycles. The average Bonchev–Trinajstić information content (AvgIpc) is 2.45. The lowest BCUT2D eigenvalue weighted by Gasteiger charge is -2.14. The standard InChI is InChI=1S/C15H21NO3/c1-11-5-4-6-13(7-11)9-16-15(18)14(10-19-3)8-12(2)17/h4-7,14H,8-10H2,1-3H3,(H,16,18)/i9D2,10D2,14D. The fourth-order valence-corrected chi connectivity index (χ4v) is 1.46. The maximum absolute atomic E-state index is 12.5. The zero-order valence-electron chi connectivity index (χ0n) is 16.2. The van der Waals surface area contributed by atoms with E-state index in [1.807, 2.05) is 5.32 Å². The Kier molecular flexibility index (Phi) is 3.75. The lowest BCUT2D eigenvalue weighted by atomic mass is 10.0. The van der Waals surface area contributed by atoms with E-state index in [4.69, 9.17) is 6.85 Å². The van der Waals surface area contributed by atoms with Gasteiger partial charge < -0.3 is 14.8 Å². The average molecular weight is 268 g/mol. The summed E-state index contributed by atoms with van der Waals surface area (Å²) in [5.41, 5.74) is 0.928. The summed E-state index contributed by atoms with van der Waals surface area (Å²) in [5.74, 6) is -4.47. The highest BCUT2D eigenvalue weighted by Crippen LogP contribution is 2.07. The van der Waals surface area contributed by atoms with Gasteiger partial charge in [0, 0.05) is 21.4 Å². The number of amides is 1. The van der Waals surface area contributed by atoms with Crippen molar-refractivity contribution < 1.29 is 21.2 Å². The number of rotatable bonds is 7. The first kappa shape index (κ1) is 9.26. The summed E-state index contributed by atoms with van der Waals surface area (Å²) in [6, 6.07) is 6.37. The second-order valence-electron chi connectivity index (χ2n) is 4.11. The van der Waals surface area contributed by atoms with Gasteiger partial charge in [-0.3, -0.25) is 4.79 Å². The van der Waals surface area contributed by atoms with Crippen LogP contribution in [0.25, 0.3) is 0 Å². The Hall–Kier alpha value is -1.68. The van der Waals surface area contributed by atoms with Crippen molar-refractivity contribution in [2.24, 2.45) is 5.89 Å². The van der Waals surface area contributed by atoms with Crippen LogP contribution in [0.3, 0.4) is 0 Å². The number of nitrogens with one attached hydrogen (secondary N) is 1. The van der Waals surface area contributed by atoms with Crippen molar-refractivity contribution in [3.8, 4) is 0 Å². The van der Waals surface area contributed by atoms with Crippen LogP contribution in [0.2, 0.25) is 0 Å². The third kappa shape index (κ3) is 5.66. The third-order valence-electron chi connectivity index (χ3n) is 2.26. The van der Waals surface area contributed by atoms with Gasteiger partial charge in [0.2, 0.25) is 5.91 Å². The molecular weight excluding hydrogens is 242 g/mol. The van der Waals surface area contributed by atoms with Gasteiger partial charge in [0.05, 0.1) is 17.9 Å². The molecule has 19 heavy (non-hydrogen) atoms. The van der Waals surface area contributed by atoms with Crippen LogP contribution in [0.4, 0.5) is 0 Å². The van der Waals surface area contributed by atoms with E-state index in [0.29, 0.717) is 0 Å². The zero-order chi connectivity index (χ0) is 18.8. The van der Waals surface area contributed by atoms with Gasteiger partial charge in [-0.05, 0) is 19.4 Å². The molecule has 0 aliphatic rings. The molecule has 104 valence electrons. The zero-order valence-corrected chi connectivity index (χ0v) is 11.2. The fraction of sp³-hybridized carbons (Fsp3) is 0.467. The highest BCUT2D eigenvalue weighted by molar-refractivity contribution is 5.85. The summed E-state index contributed by atoms with van der Waals surface area (Å²) in [5, 5.41) is 2.02. The number of hydrogen-bond acceptors (Lipinski definition) is 3. The first-order chi connectivity index (χ1) is 10.9. The molecule has 0 saturated carbocycles. The summed E-state index contributed by atoms with van der Waals surface area (Å²) in [7, 11) is 0.978. The number of aryl methyl sites for hydroxylation is 1. The molecule has 1 atom stereocenters. The Morgan fingerprint density at radius 2 is 2.26 bits per heavy atom. The van der Waals surface area contributed by atoms with Crippen molar-refractivity contribution in [1.82, 2.24) is 5.32 Å². The van der Waals surface area contributed by atoms with Crippen molar-refractivity contribution >= 4 is 11.7 Å². The molecule has 0 radical (unpaired) electrons. The minimum absolute atomic E-state index is 0.152. The Labute approximate surface area is 121 Å². The Balaban J connectivity index is 3.18. The largest absolute Gasteiger partial charge is 0.384 e. The van der Waals surface area contributed by atoms with Gasteiger partial charge in [0.1, 0.15) is 5.78 Å². The molecule has 4 heteroatoms. The molecule has 1 unspecified atom stereocenters. The van der Waals surface area contributed by atoms with Crippen molar-refractivity contribution in [3.63, 3.8) is 0 Å². The number of methoxy groups -OCH3 is 1. The molecule has 4 nitrogen and oxygen atoms in total. The Bertz CT molecular complexity index is 635. The van der Waals surface area contributed by atoms with Crippen LogP contribution in [-0.4, -0.2) is 25.4 Å². The van der Waals surface area contributed by atoms with Crippen molar-refractivity contribution in [3.05, 3.63) is 35.4 Å². The van der Waals surface area contributed by atoms with Crippen molar-refractivity contribution in [2.75, 3.05) is 13.7 Å². The van der Waals surface area contributed by atoms with Gasteiger partial charge in [-0.25, -0.2) is 0 Å². The minimum Gasteiger partial charge on any atom is -0.384 e. The normalized spacial score (nSPS) is 19.0. The molecule has 0 heterocycles. The van der Waals surface area contributed by atoms with Crippen LogP contribution in [0, 0.1) is 12.8 Å². The maximum atomic E-state index is 12.5. The van der Waals surface area contributed by atoms with E-state index in [-0.39, 0.29) is 5.56 Å². The second-order valence-corrected chi connectivity index (χ2v) is 4.11. The number of benzene rings is 1. The molecule has 0 saturated heterocycles. The van der Waals surface area contributed by atoms with Crippen LogP contribution in [0.5, 0.6) is 0 Å². The van der Waals surface area contributed by atoms with Crippen LogP contribution in [0.15, 0.2) is 24.3 Å². The lowest BCUT2D eigenvalue weighted by molar-refractivity contribution is -0.130. The summed E-state index contributed by atoms with van der Waals surface area (Å²) < 4.78 is 44.2. The van der Waals surface area contributed by atoms with Crippen LogP contribution in [0.1, 0.15) is 31.3 Å². The van der Waals surface area contributed by atoms with Gasteiger partial charge in [-0.15, -0.1) is 0 Å². The molecular formula is C15H21NO3. The highest BCUT2D eigenvalue weighted by atomic mass is 16.5. The highest BCUT2D eigenvalue weighted by Gasteiger charge is 2.19. The number of ether oxygens (including phenoxy) is 1. The fourth-order valence-electron chi connectivity index (χ4n) is 1.46. The monoisotopic (exact) mass is 268 g/mol.